The Balaban J connectivity index is 2.02. The maximum atomic E-state index is 5.75. The number of nitrogens with two attached hydrogens (primary N) is 1. The van der Waals surface area contributed by atoms with Crippen LogP contribution in [0.2, 0.25) is 0 Å². The molecular formula is C14H10N6. The van der Waals surface area contributed by atoms with Gasteiger partial charge in [0.25, 0.3) is 0 Å². The predicted molar refractivity (Wildman–Crippen MR) is 76.8 cm³/mol. The number of pyridine rings is 1. The molecule has 0 saturated carbocycles. The minimum absolute atomic E-state index is 0.220. The van der Waals surface area contributed by atoms with Gasteiger partial charge in [-0.25, -0.2) is 4.98 Å². The van der Waals surface area contributed by atoms with Crippen LogP contribution >= 0.6 is 0 Å². The zero-order chi connectivity index (χ0) is 13.5. The molecule has 0 aliphatic rings. The highest BCUT2D eigenvalue weighted by Crippen LogP contribution is 2.27. The second kappa shape index (κ2) is 3.99. The third-order valence-corrected chi connectivity index (χ3v) is 3.21. The first kappa shape index (κ1) is 10.9. The van der Waals surface area contributed by atoms with Gasteiger partial charge in [-0.1, -0.05) is 18.2 Å². The number of nitrogen functional groups attached to an aromatic ring is 1. The van der Waals surface area contributed by atoms with Crippen LogP contribution in [0.3, 0.4) is 0 Å². The monoisotopic (exact) mass is 262 g/mol. The van der Waals surface area contributed by atoms with Crippen molar-refractivity contribution in [2.24, 2.45) is 0 Å². The summed E-state index contributed by atoms with van der Waals surface area (Å²) in [5, 5.41) is 8.73. The van der Waals surface area contributed by atoms with Crippen molar-refractivity contribution < 1.29 is 0 Å². The summed E-state index contributed by atoms with van der Waals surface area (Å²) >= 11 is 0. The Morgan fingerprint density at radius 2 is 2.05 bits per heavy atom. The smallest absolute Gasteiger partial charge is 0.222 e. The van der Waals surface area contributed by atoms with E-state index in [0.717, 1.165) is 27.5 Å². The number of nitrogens with one attached hydrogen (secondary N) is 1. The Hall–Kier alpha value is -3.02. The molecular weight excluding hydrogens is 252 g/mol. The first-order valence-electron chi connectivity index (χ1n) is 6.13. The van der Waals surface area contributed by atoms with E-state index in [4.69, 9.17) is 5.73 Å². The van der Waals surface area contributed by atoms with Crippen LogP contribution in [0.25, 0.3) is 33.2 Å². The molecule has 0 fully saturated rings. The van der Waals surface area contributed by atoms with E-state index in [1.807, 2.05) is 30.3 Å². The van der Waals surface area contributed by atoms with Crippen LogP contribution in [0.15, 0.2) is 42.7 Å². The lowest BCUT2D eigenvalue weighted by Gasteiger charge is -2.04. The molecule has 4 aromatic rings. The van der Waals surface area contributed by atoms with Crippen molar-refractivity contribution in [2.75, 3.05) is 5.73 Å². The van der Waals surface area contributed by atoms with Crippen molar-refractivity contribution >= 4 is 27.9 Å². The third kappa shape index (κ3) is 1.58. The zero-order valence-electron chi connectivity index (χ0n) is 10.4. The van der Waals surface area contributed by atoms with Crippen molar-refractivity contribution in [2.45, 2.75) is 0 Å². The molecule has 3 N–H and O–H groups in total. The topological polar surface area (TPSA) is 93.4 Å². The average molecular weight is 262 g/mol. The van der Waals surface area contributed by atoms with Crippen molar-refractivity contribution in [1.82, 2.24) is 25.1 Å². The maximum Gasteiger partial charge on any atom is 0.222 e. The zero-order valence-corrected chi connectivity index (χ0v) is 10.4. The van der Waals surface area contributed by atoms with E-state index in [0.29, 0.717) is 5.65 Å². The fourth-order valence-corrected chi connectivity index (χ4v) is 2.29. The first-order chi connectivity index (χ1) is 9.81. The molecule has 0 spiro atoms. The molecule has 0 atom stereocenters. The Morgan fingerprint density at radius 1 is 1.10 bits per heavy atom. The number of aromatic nitrogens is 5. The van der Waals surface area contributed by atoms with Crippen molar-refractivity contribution in [1.29, 1.82) is 0 Å². The summed E-state index contributed by atoms with van der Waals surface area (Å²) in [4.78, 5) is 12.8. The van der Waals surface area contributed by atoms with Gasteiger partial charge in [0.15, 0.2) is 5.65 Å². The van der Waals surface area contributed by atoms with E-state index < -0.39 is 0 Å². The van der Waals surface area contributed by atoms with Crippen LogP contribution in [0.5, 0.6) is 0 Å². The molecule has 0 amide bonds. The van der Waals surface area contributed by atoms with Crippen LogP contribution in [0.1, 0.15) is 0 Å². The minimum Gasteiger partial charge on any atom is -0.368 e. The summed E-state index contributed by atoms with van der Waals surface area (Å²) in [6.07, 6.45) is 3.47. The second-order valence-corrected chi connectivity index (χ2v) is 4.47. The molecule has 0 bridgehead atoms. The average Bonchev–Trinajstić information content (AvgIpc) is 2.94. The van der Waals surface area contributed by atoms with E-state index in [9.17, 15) is 0 Å². The van der Waals surface area contributed by atoms with Crippen LogP contribution in [-0.2, 0) is 0 Å². The lowest BCUT2D eigenvalue weighted by Crippen LogP contribution is -1.97. The van der Waals surface area contributed by atoms with Gasteiger partial charge in [0, 0.05) is 17.1 Å². The lowest BCUT2D eigenvalue weighted by atomic mass is 10.1. The Morgan fingerprint density at radius 3 is 3.00 bits per heavy atom. The summed E-state index contributed by atoms with van der Waals surface area (Å²) in [6, 6.07) is 9.94. The molecule has 0 aliphatic heterocycles. The van der Waals surface area contributed by atoms with Gasteiger partial charge in [-0.05, 0) is 12.1 Å². The van der Waals surface area contributed by atoms with Crippen LogP contribution in [0, 0.1) is 0 Å². The van der Waals surface area contributed by atoms with Gasteiger partial charge in [0.05, 0.1) is 22.8 Å². The second-order valence-electron chi connectivity index (χ2n) is 4.47. The first-order valence-corrected chi connectivity index (χ1v) is 6.13. The Labute approximate surface area is 113 Å². The number of hydrogen-bond donors (Lipinski definition) is 2. The van der Waals surface area contributed by atoms with Gasteiger partial charge in [0.1, 0.15) is 0 Å². The number of hydrogen-bond acceptors (Lipinski definition) is 5. The van der Waals surface area contributed by atoms with E-state index in [-0.39, 0.29) is 5.95 Å². The standard InChI is InChI=1S/C14H10N6/c15-14-18-12(10-7-17-20-13(10)19-14)9-4-3-8-2-1-5-16-11(8)6-9/h1-7H,(H3,15,17,18,19,20). The van der Waals surface area contributed by atoms with E-state index in [2.05, 4.69) is 25.1 Å². The highest BCUT2D eigenvalue weighted by atomic mass is 15.2. The third-order valence-electron chi connectivity index (χ3n) is 3.21. The number of fused-ring (bicyclic) bond motifs is 2. The summed E-state index contributed by atoms with van der Waals surface area (Å²) < 4.78 is 0. The number of nitrogens with zero attached hydrogens (tertiary/aromatic N) is 4. The van der Waals surface area contributed by atoms with Gasteiger partial charge in [-0.3, -0.25) is 10.1 Å². The molecule has 0 unspecified atom stereocenters. The molecule has 0 aliphatic carbocycles. The van der Waals surface area contributed by atoms with E-state index in [1.54, 1.807) is 12.4 Å². The summed E-state index contributed by atoms with van der Waals surface area (Å²) in [5.74, 6) is 0.220. The van der Waals surface area contributed by atoms with Crippen LogP contribution in [-0.4, -0.2) is 25.1 Å². The summed E-state index contributed by atoms with van der Waals surface area (Å²) in [6.45, 7) is 0. The van der Waals surface area contributed by atoms with Gasteiger partial charge in [0.2, 0.25) is 5.95 Å². The largest absolute Gasteiger partial charge is 0.368 e. The number of rotatable bonds is 1. The van der Waals surface area contributed by atoms with Crippen molar-refractivity contribution in [3.05, 3.63) is 42.7 Å². The normalized spacial score (nSPS) is 11.2. The Bertz CT molecular complexity index is 927. The molecule has 3 aromatic heterocycles. The highest BCUT2D eigenvalue weighted by molar-refractivity contribution is 5.93. The molecule has 0 radical (unpaired) electrons. The molecule has 20 heavy (non-hydrogen) atoms. The molecule has 6 nitrogen and oxygen atoms in total. The van der Waals surface area contributed by atoms with Crippen molar-refractivity contribution in [3.8, 4) is 11.3 Å². The minimum atomic E-state index is 0.220. The molecule has 0 saturated heterocycles. The predicted octanol–water partition coefficient (Wildman–Crippen LogP) is 2.15. The van der Waals surface area contributed by atoms with Crippen molar-refractivity contribution in [3.63, 3.8) is 0 Å². The highest BCUT2D eigenvalue weighted by Gasteiger charge is 2.10. The number of H-pyrrole nitrogens is 1. The summed E-state index contributed by atoms with van der Waals surface area (Å²) in [7, 11) is 0. The lowest BCUT2D eigenvalue weighted by molar-refractivity contribution is 1.09. The molecule has 6 heteroatoms. The van der Waals surface area contributed by atoms with E-state index >= 15 is 0 Å². The Kier molecular flexibility index (Phi) is 2.17. The SMILES string of the molecule is Nc1nc(-c2ccc3cccnc3c2)c2cn[nH]c2n1. The molecule has 96 valence electrons. The van der Waals surface area contributed by atoms with Gasteiger partial charge in [-0.15, -0.1) is 0 Å². The molecule has 3 heterocycles. The van der Waals surface area contributed by atoms with Gasteiger partial charge in [-0.2, -0.15) is 10.1 Å². The van der Waals surface area contributed by atoms with Crippen LogP contribution < -0.4 is 5.73 Å². The maximum absolute atomic E-state index is 5.75. The number of aromatic amines is 1. The van der Waals surface area contributed by atoms with Crippen LogP contribution in [0.4, 0.5) is 5.95 Å². The quantitative estimate of drug-likeness (QED) is 0.548. The summed E-state index contributed by atoms with van der Waals surface area (Å²) in [5.41, 5.74) is 9.00. The fourth-order valence-electron chi connectivity index (χ4n) is 2.29. The van der Waals surface area contributed by atoms with Gasteiger partial charge >= 0.3 is 0 Å². The number of anilines is 1. The number of benzene rings is 1. The molecule has 1 aromatic carbocycles. The fraction of sp³-hybridized carbons (Fsp3) is 0. The molecule has 4 rings (SSSR count). The van der Waals surface area contributed by atoms with E-state index in [1.165, 1.54) is 0 Å². The van der Waals surface area contributed by atoms with Gasteiger partial charge < -0.3 is 5.73 Å².